The molecular formula is C12H19N3OS. The molecule has 1 fully saturated rings. The standard InChI is InChI=1S/C12H19N3OS/c1-8-9(2)17-11(14-8)15-10(16)12(13)6-4-3-5-7-12/h3-7,13H2,1-2H3,(H,14,15,16). The molecule has 0 saturated heterocycles. The summed E-state index contributed by atoms with van der Waals surface area (Å²) in [6, 6.07) is 0. The van der Waals surface area contributed by atoms with Gasteiger partial charge in [0.2, 0.25) is 5.91 Å². The fourth-order valence-corrected chi connectivity index (χ4v) is 2.97. The zero-order valence-corrected chi connectivity index (χ0v) is 11.2. The zero-order chi connectivity index (χ0) is 12.5. The molecule has 2 rings (SSSR count). The summed E-state index contributed by atoms with van der Waals surface area (Å²) in [5, 5.41) is 3.52. The lowest BCUT2D eigenvalue weighted by Gasteiger charge is -2.31. The third-order valence-corrected chi connectivity index (χ3v) is 4.44. The maximum Gasteiger partial charge on any atom is 0.246 e. The Morgan fingerprint density at radius 2 is 2.00 bits per heavy atom. The second-order valence-electron chi connectivity index (χ2n) is 4.83. The molecule has 0 bridgehead atoms. The predicted octanol–water partition coefficient (Wildman–Crippen LogP) is 2.36. The Labute approximate surface area is 106 Å². The number of hydrogen-bond acceptors (Lipinski definition) is 4. The zero-order valence-electron chi connectivity index (χ0n) is 10.4. The molecule has 4 nitrogen and oxygen atoms in total. The number of carbonyl (C=O) groups excluding carboxylic acids is 1. The van der Waals surface area contributed by atoms with Crippen LogP contribution in [0.2, 0.25) is 0 Å². The van der Waals surface area contributed by atoms with Gasteiger partial charge in [0.05, 0.1) is 11.2 Å². The SMILES string of the molecule is Cc1nc(NC(=O)C2(N)CCCCC2)sc1C. The number of nitrogens with one attached hydrogen (secondary N) is 1. The van der Waals surface area contributed by atoms with Crippen molar-refractivity contribution < 1.29 is 4.79 Å². The molecule has 1 saturated carbocycles. The summed E-state index contributed by atoms with van der Waals surface area (Å²) in [5.41, 5.74) is 6.44. The summed E-state index contributed by atoms with van der Waals surface area (Å²) in [4.78, 5) is 17.6. The lowest BCUT2D eigenvalue weighted by Crippen LogP contribution is -2.52. The van der Waals surface area contributed by atoms with Crippen LogP contribution >= 0.6 is 11.3 Å². The largest absolute Gasteiger partial charge is 0.317 e. The van der Waals surface area contributed by atoms with Crippen LogP contribution < -0.4 is 11.1 Å². The van der Waals surface area contributed by atoms with Crippen molar-refractivity contribution in [2.75, 3.05) is 5.32 Å². The van der Waals surface area contributed by atoms with E-state index in [2.05, 4.69) is 10.3 Å². The van der Waals surface area contributed by atoms with Crippen LogP contribution in [0.1, 0.15) is 42.7 Å². The number of carbonyl (C=O) groups is 1. The fraction of sp³-hybridized carbons (Fsp3) is 0.667. The highest BCUT2D eigenvalue weighted by molar-refractivity contribution is 7.15. The second-order valence-corrected chi connectivity index (χ2v) is 6.03. The first-order valence-corrected chi connectivity index (χ1v) is 6.87. The van der Waals surface area contributed by atoms with Gasteiger partial charge in [-0.25, -0.2) is 4.98 Å². The van der Waals surface area contributed by atoms with Gasteiger partial charge < -0.3 is 11.1 Å². The van der Waals surface area contributed by atoms with Crippen LogP contribution in [-0.4, -0.2) is 16.4 Å². The van der Waals surface area contributed by atoms with Crippen molar-refractivity contribution in [3.63, 3.8) is 0 Å². The number of amides is 1. The highest BCUT2D eigenvalue weighted by Crippen LogP contribution is 2.28. The van der Waals surface area contributed by atoms with E-state index in [1.54, 1.807) is 0 Å². The van der Waals surface area contributed by atoms with Crippen molar-refractivity contribution in [3.8, 4) is 0 Å². The van der Waals surface area contributed by atoms with Gasteiger partial charge in [0, 0.05) is 4.88 Å². The molecule has 0 unspecified atom stereocenters. The van der Waals surface area contributed by atoms with E-state index in [1.165, 1.54) is 17.8 Å². The van der Waals surface area contributed by atoms with Crippen molar-refractivity contribution >= 4 is 22.4 Å². The molecule has 1 aliphatic carbocycles. The van der Waals surface area contributed by atoms with E-state index >= 15 is 0 Å². The number of aromatic nitrogens is 1. The van der Waals surface area contributed by atoms with E-state index in [0.29, 0.717) is 5.13 Å². The van der Waals surface area contributed by atoms with Crippen LogP contribution in [0.5, 0.6) is 0 Å². The molecule has 0 atom stereocenters. The molecule has 17 heavy (non-hydrogen) atoms. The molecule has 0 radical (unpaired) electrons. The molecule has 94 valence electrons. The van der Waals surface area contributed by atoms with Crippen molar-refractivity contribution in [2.45, 2.75) is 51.5 Å². The highest BCUT2D eigenvalue weighted by Gasteiger charge is 2.35. The number of anilines is 1. The van der Waals surface area contributed by atoms with Crippen molar-refractivity contribution in [1.29, 1.82) is 0 Å². The Morgan fingerprint density at radius 3 is 2.53 bits per heavy atom. The van der Waals surface area contributed by atoms with Crippen molar-refractivity contribution in [3.05, 3.63) is 10.6 Å². The van der Waals surface area contributed by atoms with E-state index in [-0.39, 0.29) is 5.91 Å². The first kappa shape index (κ1) is 12.5. The molecule has 5 heteroatoms. The lowest BCUT2D eigenvalue weighted by molar-refractivity contribution is -0.122. The predicted molar refractivity (Wildman–Crippen MR) is 70.2 cm³/mol. The maximum absolute atomic E-state index is 12.1. The van der Waals surface area contributed by atoms with Gasteiger partial charge in [-0.05, 0) is 26.7 Å². The van der Waals surface area contributed by atoms with Crippen molar-refractivity contribution in [1.82, 2.24) is 4.98 Å². The van der Waals surface area contributed by atoms with Gasteiger partial charge in [-0.15, -0.1) is 11.3 Å². The molecule has 1 aromatic heterocycles. The Kier molecular flexibility index (Phi) is 3.49. The minimum absolute atomic E-state index is 0.0778. The van der Waals surface area contributed by atoms with Crippen LogP contribution in [0.25, 0.3) is 0 Å². The molecule has 0 aromatic carbocycles. The molecule has 1 amide bonds. The Hall–Kier alpha value is -0.940. The highest BCUT2D eigenvalue weighted by atomic mass is 32.1. The smallest absolute Gasteiger partial charge is 0.246 e. The first-order chi connectivity index (χ1) is 8.01. The number of rotatable bonds is 2. The van der Waals surface area contributed by atoms with E-state index < -0.39 is 5.54 Å². The van der Waals surface area contributed by atoms with E-state index in [4.69, 9.17) is 5.73 Å². The van der Waals surface area contributed by atoms with Gasteiger partial charge in [-0.3, -0.25) is 4.79 Å². The molecule has 3 N–H and O–H groups in total. The summed E-state index contributed by atoms with van der Waals surface area (Å²) in [6.45, 7) is 3.95. The molecule has 1 heterocycles. The summed E-state index contributed by atoms with van der Waals surface area (Å²) in [5.74, 6) is -0.0778. The fourth-order valence-electron chi connectivity index (χ4n) is 2.16. The van der Waals surface area contributed by atoms with Gasteiger partial charge in [0.15, 0.2) is 5.13 Å². The van der Waals surface area contributed by atoms with Gasteiger partial charge >= 0.3 is 0 Å². The lowest BCUT2D eigenvalue weighted by atomic mass is 9.82. The average molecular weight is 253 g/mol. The summed E-state index contributed by atoms with van der Waals surface area (Å²) in [6.07, 6.45) is 4.83. The topological polar surface area (TPSA) is 68.0 Å². The number of aryl methyl sites for hydroxylation is 2. The van der Waals surface area contributed by atoms with E-state index in [1.807, 2.05) is 13.8 Å². The number of nitrogens with zero attached hydrogens (tertiary/aromatic N) is 1. The van der Waals surface area contributed by atoms with E-state index in [9.17, 15) is 4.79 Å². The second kappa shape index (κ2) is 4.74. The van der Waals surface area contributed by atoms with Crippen LogP contribution in [0.15, 0.2) is 0 Å². The van der Waals surface area contributed by atoms with Gasteiger partial charge in [0.25, 0.3) is 0 Å². The third kappa shape index (κ3) is 2.66. The Morgan fingerprint density at radius 1 is 1.35 bits per heavy atom. The molecule has 1 aliphatic rings. The monoisotopic (exact) mass is 253 g/mol. The summed E-state index contributed by atoms with van der Waals surface area (Å²) >= 11 is 1.51. The van der Waals surface area contributed by atoms with Gasteiger partial charge in [-0.1, -0.05) is 19.3 Å². The van der Waals surface area contributed by atoms with Gasteiger partial charge in [0.1, 0.15) is 0 Å². The van der Waals surface area contributed by atoms with Crippen molar-refractivity contribution in [2.24, 2.45) is 5.73 Å². The van der Waals surface area contributed by atoms with Crippen LogP contribution in [0.3, 0.4) is 0 Å². The number of hydrogen-bond donors (Lipinski definition) is 2. The normalized spacial score (nSPS) is 19.0. The van der Waals surface area contributed by atoms with Crippen LogP contribution in [0.4, 0.5) is 5.13 Å². The van der Waals surface area contributed by atoms with Crippen LogP contribution in [0, 0.1) is 13.8 Å². The van der Waals surface area contributed by atoms with E-state index in [0.717, 1.165) is 36.3 Å². The Bertz CT molecular complexity index is 402. The van der Waals surface area contributed by atoms with Gasteiger partial charge in [-0.2, -0.15) is 0 Å². The molecule has 0 aliphatic heterocycles. The first-order valence-electron chi connectivity index (χ1n) is 6.06. The molecule has 1 aromatic rings. The molecule has 0 spiro atoms. The number of nitrogens with two attached hydrogens (primary N) is 1. The minimum atomic E-state index is -0.689. The summed E-state index contributed by atoms with van der Waals surface area (Å²) in [7, 11) is 0. The molecular weight excluding hydrogens is 234 g/mol. The quantitative estimate of drug-likeness (QED) is 0.850. The average Bonchev–Trinajstić information content (AvgIpc) is 2.59. The maximum atomic E-state index is 12.1. The number of thiazole rings is 1. The minimum Gasteiger partial charge on any atom is -0.317 e. The van der Waals surface area contributed by atoms with Crippen LogP contribution in [-0.2, 0) is 4.79 Å². The Balaban J connectivity index is 2.05. The third-order valence-electron chi connectivity index (χ3n) is 3.45. The summed E-state index contributed by atoms with van der Waals surface area (Å²) < 4.78 is 0.